The number of amides is 2. The fourth-order valence-corrected chi connectivity index (χ4v) is 3.95. The minimum Gasteiger partial charge on any atom is -0.335 e. The van der Waals surface area contributed by atoms with E-state index < -0.39 is 0 Å². The van der Waals surface area contributed by atoms with Crippen LogP contribution in [0.2, 0.25) is 0 Å². The van der Waals surface area contributed by atoms with Gasteiger partial charge in [-0.25, -0.2) is 9.78 Å². The predicted octanol–water partition coefficient (Wildman–Crippen LogP) is 1.90. The van der Waals surface area contributed by atoms with Crippen LogP contribution in [0.5, 0.6) is 0 Å². The Labute approximate surface area is 147 Å². The lowest BCUT2D eigenvalue weighted by atomic mass is 9.98. The first-order valence-corrected chi connectivity index (χ1v) is 9.01. The van der Waals surface area contributed by atoms with Crippen molar-refractivity contribution in [2.24, 2.45) is 0 Å². The van der Waals surface area contributed by atoms with Gasteiger partial charge in [-0.2, -0.15) is 5.10 Å². The summed E-state index contributed by atoms with van der Waals surface area (Å²) >= 11 is 0. The van der Waals surface area contributed by atoms with Gasteiger partial charge in [-0.1, -0.05) is 18.2 Å². The average Bonchev–Trinajstić information content (AvgIpc) is 3.31. The van der Waals surface area contributed by atoms with Crippen molar-refractivity contribution in [1.29, 1.82) is 0 Å². The highest BCUT2D eigenvalue weighted by atomic mass is 16.2. The molecule has 3 N–H and O–H groups in total. The topological polar surface area (TPSA) is 85.9 Å². The first-order chi connectivity index (χ1) is 12.3. The highest BCUT2D eigenvalue weighted by Crippen LogP contribution is 2.26. The standard InChI is InChI=1S/C18H24N6O/c25-18(22-15-6-8-24-7-2-5-16(24)10-15)19-11-13-3-1-4-14(9-13)17-20-12-21-23-17/h1,3-4,9,12,15-16H,2,5-8,10-11H2,(H2,19,22,25)(H,20,21,23). The molecule has 4 rings (SSSR count). The Hall–Kier alpha value is -2.41. The van der Waals surface area contributed by atoms with Gasteiger partial charge in [0.2, 0.25) is 0 Å². The zero-order valence-electron chi connectivity index (χ0n) is 14.2. The molecule has 0 bridgehead atoms. The fourth-order valence-electron chi connectivity index (χ4n) is 3.95. The molecule has 1 aromatic heterocycles. The molecule has 2 atom stereocenters. The molecule has 2 saturated heterocycles. The number of hydrogen-bond acceptors (Lipinski definition) is 4. The third-order valence-electron chi connectivity index (χ3n) is 5.22. The number of aromatic nitrogens is 3. The summed E-state index contributed by atoms with van der Waals surface area (Å²) in [5.41, 5.74) is 2.00. The highest BCUT2D eigenvalue weighted by molar-refractivity contribution is 5.74. The van der Waals surface area contributed by atoms with Crippen LogP contribution in [0.3, 0.4) is 0 Å². The van der Waals surface area contributed by atoms with Crippen LogP contribution >= 0.6 is 0 Å². The van der Waals surface area contributed by atoms with Crippen LogP contribution in [0, 0.1) is 0 Å². The van der Waals surface area contributed by atoms with Crippen molar-refractivity contribution >= 4 is 6.03 Å². The molecular weight excluding hydrogens is 316 g/mol. The fraction of sp³-hybridized carbons (Fsp3) is 0.500. The van der Waals surface area contributed by atoms with E-state index in [-0.39, 0.29) is 6.03 Å². The third-order valence-corrected chi connectivity index (χ3v) is 5.22. The van der Waals surface area contributed by atoms with Crippen LogP contribution in [-0.4, -0.2) is 51.3 Å². The molecule has 2 aromatic rings. The number of H-pyrrole nitrogens is 1. The summed E-state index contributed by atoms with van der Waals surface area (Å²) in [5, 5.41) is 12.8. The Morgan fingerprint density at radius 2 is 2.28 bits per heavy atom. The van der Waals surface area contributed by atoms with Crippen LogP contribution in [-0.2, 0) is 6.54 Å². The van der Waals surface area contributed by atoms with Crippen LogP contribution in [0.25, 0.3) is 11.4 Å². The van der Waals surface area contributed by atoms with Gasteiger partial charge in [-0.05, 0) is 43.9 Å². The lowest BCUT2D eigenvalue weighted by molar-refractivity contribution is 0.166. The number of fused-ring (bicyclic) bond motifs is 1. The largest absolute Gasteiger partial charge is 0.335 e. The molecule has 2 unspecified atom stereocenters. The van der Waals surface area contributed by atoms with E-state index in [4.69, 9.17) is 0 Å². The predicted molar refractivity (Wildman–Crippen MR) is 94.8 cm³/mol. The first-order valence-electron chi connectivity index (χ1n) is 9.01. The van der Waals surface area contributed by atoms with E-state index in [0.717, 1.165) is 36.3 Å². The Bertz CT molecular complexity index is 716. The lowest BCUT2D eigenvalue weighted by Crippen LogP contribution is -2.49. The number of nitrogens with one attached hydrogen (secondary N) is 3. The second-order valence-electron chi connectivity index (χ2n) is 6.91. The number of benzene rings is 1. The van der Waals surface area contributed by atoms with E-state index in [9.17, 15) is 4.79 Å². The van der Waals surface area contributed by atoms with E-state index in [1.54, 1.807) is 0 Å². The van der Waals surface area contributed by atoms with E-state index >= 15 is 0 Å². The number of rotatable bonds is 4. The maximum atomic E-state index is 12.2. The number of carbonyl (C=O) groups excluding carboxylic acids is 1. The van der Waals surface area contributed by atoms with E-state index in [2.05, 4.69) is 30.7 Å². The quantitative estimate of drug-likeness (QED) is 0.793. The zero-order valence-corrected chi connectivity index (χ0v) is 14.2. The zero-order chi connectivity index (χ0) is 17.1. The molecule has 0 saturated carbocycles. The van der Waals surface area contributed by atoms with Crippen molar-refractivity contribution < 1.29 is 4.79 Å². The number of nitrogens with zero attached hydrogens (tertiary/aromatic N) is 3. The van der Waals surface area contributed by atoms with Crippen LogP contribution in [0.15, 0.2) is 30.6 Å². The van der Waals surface area contributed by atoms with Crippen molar-refractivity contribution in [3.05, 3.63) is 36.2 Å². The summed E-state index contributed by atoms with van der Waals surface area (Å²) in [5.74, 6) is 0.731. The average molecular weight is 340 g/mol. The minimum atomic E-state index is -0.0819. The molecule has 0 aliphatic carbocycles. The van der Waals surface area contributed by atoms with Crippen molar-refractivity contribution in [2.45, 2.75) is 44.3 Å². The van der Waals surface area contributed by atoms with E-state index in [1.807, 2.05) is 24.3 Å². The Kier molecular flexibility index (Phi) is 4.65. The Balaban J connectivity index is 1.28. The molecule has 2 amide bonds. The number of urea groups is 1. The van der Waals surface area contributed by atoms with Crippen molar-refractivity contribution in [1.82, 2.24) is 30.7 Å². The summed E-state index contributed by atoms with van der Waals surface area (Å²) in [6.07, 6.45) is 6.18. The molecule has 2 aliphatic heterocycles. The highest BCUT2D eigenvalue weighted by Gasteiger charge is 2.32. The van der Waals surface area contributed by atoms with Gasteiger partial charge in [-0.15, -0.1) is 0 Å². The number of carbonyl (C=O) groups is 1. The van der Waals surface area contributed by atoms with Crippen molar-refractivity contribution in [2.75, 3.05) is 13.1 Å². The molecule has 0 spiro atoms. The van der Waals surface area contributed by atoms with Gasteiger partial charge in [0.25, 0.3) is 0 Å². The molecule has 3 heterocycles. The van der Waals surface area contributed by atoms with Crippen LogP contribution in [0.1, 0.15) is 31.2 Å². The monoisotopic (exact) mass is 340 g/mol. The van der Waals surface area contributed by atoms with Crippen LogP contribution in [0.4, 0.5) is 4.79 Å². The summed E-state index contributed by atoms with van der Waals surface area (Å²) in [6, 6.07) is 8.82. The smallest absolute Gasteiger partial charge is 0.315 e. The van der Waals surface area contributed by atoms with Gasteiger partial charge < -0.3 is 15.5 Å². The van der Waals surface area contributed by atoms with Gasteiger partial charge >= 0.3 is 6.03 Å². The van der Waals surface area contributed by atoms with Gasteiger partial charge in [0.15, 0.2) is 5.82 Å². The molecule has 7 nitrogen and oxygen atoms in total. The van der Waals surface area contributed by atoms with Crippen molar-refractivity contribution in [3.63, 3.8) is 0 Å². The molecule has 132 valence electrons. The SMILES string of the molecule is O=C(NCc1cccc(-c2ncn[nH]2)c1)NC1CCN2CCCC2C1. The first kappa shape index (κ1) is 16.1. The second kappa shape index (κ2) is 7.23. The molecule has 1 aromatic carbocycles. The Morgan fingerprint density at radius 1 is 1.32 bits per heavy atom. The van der Waals surface area contributed by atoms with Gasteiger partial charge in [-0.3, -0.25) is 5.10 Å². The minimum absolute atomic E-state index is 0.0819. The molecule has 25 heavy (non-hydrogen) atoms. The van der Waals surface area contributed by atoms with Crippen molar-refractivity contribution in [3.8, 4) is 11.4 Å². The Morgan fingerprint density at radius 3 is 3.16 bits per heavy atom. The maximum Gasteiger partial charge on any atom is 0.315 e. The lowest BCUT2D eigenvalue weighted by Gasteiger charge is -2.35. The maximum absolute atomic E-state index is 12.2. The molecule has 2 aliphatic rings. The van der Waals surface area contributed by atoms with Gasteiger partial charge in [0.1, 0.15) is 6.33 Å². The molecular formula is C18H24N6O. The van der Waals surface area contributed by atoms with E-state index in [0.29, 0.717) is 18.6 Å². The summed E-state index contributed by atoms with van der Waals surface area (Å²) < 4.78 is 0. The summed E-state index contributed by atoms with van der Waals surface area (Å²) in [4.78, 5) is 18.9. The number of piperidine rings is 1. The molecule has 0 radical (unpaired) electrons. The normalized spacial score (nSPS) is 23.2. The second-order valence-corrected chi connectivity index (χ2v) is 6.91. The van der Waals surface area contributed by atoms with Gasteiger partial charge in [0.05, 0.1) is 0 Å². The molecule has 2 fully saturated rings. The summed E-state index contributed by atoms with van der Waals surface area (Å²) in [7, 11) is 0. The van der Waals surface area contributed by atoms with Crippen LogP contribution < -0.4 is 10.6 Å². The number of aromatic amines is 1. The molecule has 7 heteroatoms. The number of hydrogen-bond donors (Lipinski definition) is 3. The van der Waals surface area contributed by atoms with E-state index in [1.165, 1.54) is 25.7 Å². The van der Waals surface area contributed by atoms with Gasteiger partial charge in [0, 0.05) is 30.7 Å². The third kappa shape index (κ3) is 3.82. The summed E-state index contributed by atoms with van der Waals surface area (Å²) in [6.45, 7) is 2.83.